The van der Waals surface area contributed by atoms with E-state index in [4.69, 9.17) is 14.0 Å². The molecule has 1 aromatic carbocycles. The van der Waals surface area contributed by atoms with Crippen molar-refractivity contribution >= 4 is 25.1 Å². The zero-order valence-electron chi connectivity index (χ0n) is 14.8. The number of aliphatic imine (C=N–C) groups is 1. The molecule has 0 heterocycles. The number of esters is 1. The predicted molar refractivity (Wildman–Crippen MR) is 95.3 cm³/mol. The molecule has 0 aliphatic rings. The highest BCUT2D eigenvalue weighted by Crippen LogP contribution is 2.42. The fourth-order valence-corrected chi connectivity index (χ4v) is 3.22. The van der Waals surface area contributed by atoms with Crippen LogP contribution in [0.25, 0.3) is 0 Å². The van der Waals surface area contributed by atoms with E-state index in [-0.39, 0.29) is 31.5 Å². The molecule has 7 nitrogen and oxygen atoms in total. The Morgan fingerprint density at radius 1 is 1.08 bits per heavy atom. The van der Waals surface area contributed by atoms with Gasteiger partial charge in [0.1, 0.15) is 12.3 Å². The van der Waals surface area contributed by atoms with Crippen molar-refractivity contribution in [1.29, 1.82) is 0 Å². The van der Waals surface area contributed by atoms with E-state index in [0.29, 0.717) is 6.61 Å². The lowest BCUT2D eigenvalue weighted by Crippen LogP contribution is -2.21. The van der Waals surface area contributed by atoms with Gasteiger partial charge >= 0.3 is 12.1 Å². The third-order valence-corrected chi connectivity index (χ3v) is 4.94. The van der Waals surface area contributed by atoms with Crippen molar-refractivity contribution in [2.75, 3.05) is 26.0 Å². The van der Waals surface area contributed by atoms with Crippen molar-refractivity contribution in [1.82, 2.24) is 0 Å². The molecule has 0 saturated heterocycles. The first-order valence-electron chi connectivity index (χ1n) is 8.04. The average molecular weight is 369 g/mol. The molecule has 0 saturated carbocycles. The van der Waals surface area contributed by atoms with E-state index < -0.39 is 19.4 Å². The van der Waals surface area contributed by atoms with Crippen molar-refractivity contribution in [3.05, 3.63) is 35.9 Å². The van der Waals surface area contributed by atoms with Gasteiger partial charge < -0.3 is 14.0 Å². The van der Waals surface area contributed by atoms with Crippen LogP contribution in [0.3, 0.4) is 0 Å². The van der Waals surface area contributed by atoms with Gasteiger partial charge in [-0.1, -0.05) is 30.3 Å². The van der Waals surface area contributed by atoms with Crippen molar-refractivity contribution in [3.63, 3.8) is 0 Å². The summed E-state index contributed by atoms with van der Waals surface area (Å²) in [4.78, 5) is 27.5. The Bertz CT molecular complexity index is 644. The highest BCUT2D eigenvalue weighted by molar-refractivity contribution is 7.58. The second-order valence-corrected chi connectivity index (χ2v) is 7.96. The Hall–Kier alpha value is -1.98. The van der Waals surface area contributed by atoms with E-state index in [2.05, 4.69) is 4.99 Å². The number of rotatable bonds is 9. The van der Waals surface area contributed by atoms with Crippen molar-refractivity contribution < 1.29 is 28.2 Å². The summed E-state index contributed by atoms with van der Waals surface area (Å²) in [7, 11) is -2.85. The monoisotopic (exact) mass is 369 g/mol. The smallest absolute Gasteiger partial charge is 0.434 e. The van der Waals surface area contributed by atoms with Crippen LogP contribution in [0.15, 0.2) is 35.3 Å². The molecule has 0 fully saturated rings. The normalized spacial score (nSPS) is 13.8. The fourth-order valence-electron chi connectivity index (χ4n) is 1.93. The highest BCUT2D eigenvalue weighted by Gasteiger charge is 2.21. The first-order valence-corrected chi connectivity index (χ1v) is 10.3. The average Bonchev–Trinajstić information content (AvgIpc) is 2.58. The van der Waals surface area contributed by atoms with Gasteiger partial charge in [0, 0.05) is 19.2 Å². The molecule has 1 unspecified atom stereocenters. The number of nitrogens with zero attached hydrogens (tertiary/aromatic N) is 1. The molecule has 1 aromatic rings. The van der Waals surface area contributed by atoms with Crippen LogP contribution >= 0.6 is 7.37 Å². The number of benzene rings is 1. The Morgan fingerprint density at radius 3 is 2.36 bits per heavy atom. The highest BCUT2D eigenvalue weighted by atomic mass is 31.2. The molecule has 0 aromatic heterocycles. The Labute approximate surface area is 147 Å². The molecule has 0 spiro atoms. The Morgan fingerprint density at radius 2 is 1.76 bits per heavy atom. The van der Waals surface area contributed by atoms with Gasteiger partial charge in [-0.3, -0.25) is 4.57 Å². The van der Waals surface area contributed by atoms with Gasteiger partial charge in [0.15, 0.2) is 0 Å². The van der Waals surface area contributed by atoms with Crippen LogP contribution in [0.2, 0.25) is 0 Å². The second kappa shape index (κ2) is 10.8. The van der Waals surface area contributed by atoms with Crippen LogP contribution < -0.4 is 0 Å². The van der Waals surface area contributed by atoms with E-state index >= 15 is 0 Å². The SMILES string of the molecule is CCOC(=O)C(CCP(C)(=O)OCC)=NC(=O)OCc1ccccc1. The zero-order chi connectivity index (χ0) is 18.7. The van der Waals surface area contributed by atoms with Crippen LogP contribution in [0.1, 0.15) is 25.8 Å². The van der Waals surface area contributed by atoms with E-state index in [1.54, 1.807) is 26.0 Å². The van der Waals surface area contributed by atoms with Gasteiger partial charge in [0.05, 0.1) is 13.2 Å². The largest absolute Gasteiger partial charge is 0.462 e. The molecular formula is C17H24NO6P. The third-order valence-electron chi connectivity index (χ3n) is 3.10. The summed E-state index contributed by atoms with van der Waals surface area (Å²) in [5.74, 6) is -0.726. The zero-order valence-corrected chi connectivity index (χ0v) is 15.7. The molecule has 0 N–H and O–H groups in total. The quantitative estimate of drug-likeness (QED) is 0.375. The molecule has 0 aliphatic heterocycles. The molecular weight excluding hydrogens is 345 g/mol. The number of ether oxygens (including phenoxy) is 2. The minimum absolute atomic E-state index is 0.00699. The molecule has 0 radical (unpaired) electrons. The number of carbonyl (C=O) groups excluding carboxylic acids is 2. The molecule has 8 heteroatoms. The van der Waals surface area contributed by atoms with Crippen LogP contribution in [-0.2, 0) is 30.0 Å². The fraction of sp³-hybridized carbons (Fsp3) is 0.471. The molecule has 1 amide bonds. The number of hydrogen-bond acceptors (Lipinski definition) is 6. The van der Waals surface area contributed by atoms with Gasteiger partial charge in [-0.15, -0.1) is 0 Å². The van der Waals surface area contributed by atoms with Gasteiger partial charge in [-0.05, 0) is 19.4 Å². The van der Waals surface area contributed by atoms with Gasteiger partial charge in [0.25, 0.3) is 0 Å². The molecule has 25 heavy (non-hydrogen) atoms. The van der Waals surface area contributed by atoms with Crippen LogP contribution in [0, 0.1) is 0 Å². The summed E-state index contributed by atoms with van der Waals surface area (Å²) in [6.45, 7) is 5.36. The molecule has 0 bridgehead atoms. The summed E-state index contributed by atoms with van der Waals surface area (Å²) < 4.78 is 27.2. The molecule has 1 atom stereocenters. The lowest BCUT2D eigenvalue weighted by atomic mass is 10.2. The maximum atomic E-state index is 12.1. The molecule has 138 valence electrons. The van der Waals surface area contributed by atoms with Crippen LogP contribution in [0.4, 0.5) is 4.79 Å². The third kappa shape index (κ3) is 8.61. The first kappa shape index (κ1) is 21.1. The molecule has 0 aliphatic carbocycles. The standard InChI is InChI=1S/C17H24NO6P/c1-4-22-16(19)15(11-12-25(3,21)24-5-2)18-17(20)23-13-14-9-7-6-8-10-14/h6-10H,4-5,11-13H2,1-3H3. The summed E-state index contributed by atoms with van der Waals surface area (Å²) in [6, 6.07) is 9.10. The first-order chi connectivity index (χ1) is 11.9. The van der Waals surface area contributed by atoms with Crippen molar-refractivity contribution in [2.24, 2.45) is 4.99 Å². The number of carbonyl (C=O) groups is 2. The second-order valence-electron chi connectivity index (χ2n) is 5.22. The summed E-state index contributed by atoms with van der Waals surface area (Å²) in [6.07, 6.45) is -0.799. The number of hydrogen-bond donors (Lipinski definition) is 0. The topological polar surface area (TPSA) is 91.3 Å². The maximum Gasteiger partial charge on any atom is 0.434 e. The minimum Gasteiger partial charge on any atom is -0.462 e. The van der Waals surface area contributed by atoms with Gasteiger partial charge in [0.2, 0.25) is 7.37 Å². The summed E-state index contributed by atoms with van der Waals surface area (Å²) >= 11 is 0. The van der Waals surface area contributed by atoms with E-state index in [9.17, 15) is 14.2 Å². The minimum atomic E-state index is -2.85. The van der Waals surface area contributed by atoms with E-state index in [1.807, 2.05) is 18.2 Å². The summed E-state index contributed by atoms with van der Waals surface area (Å²) in [5.41, 5.74) is 0.680. The van der Waals surface area contributed by atoms with E-state index in [1.165, 1.54) is 6.66 Å². The lowest BCUT2D eigenvalue weighted by molar-refractivity contribution is -0.135. The van der Waals surface area contributed by atoms with Gasteiger partial charge in [-0.25, -0.2) is 9.59 Å². The van der Waals surface area contributed by atoms with Crippen molar-refractivity contribution in [3.8, 4) is 0 Å². The van der Waals surface area contributed by atoms with Crippen molar-refractivity contribution in [2.45, 2.75) is 26.9 Å². The van der Waals surface area contributed by atoms with E-state index in [0.717, 1.165) is 5.56 Å². The van der Waals surface area contributed by atoms with Gasteiger partial charge in [-0.2, -0.15) is 4.99 Å². The van der Waals surface area contributed by atoms with Crippen LogP contribution in [0.5, 0.6) is 0 Å². The lowest BCUT2D eigenvalue weighted by Gasteiger charge is -2.12. The Kier molecular flexibility index (Phi) is 9.10. The Balaban J connectivity index is 2.73. The maximum absolute atomic E-state index is 12.1. The summed E-state index contributed by atoms with van der Waals surface area (Å²) in [5, 5.41) is 0. The predicted octanol–water partition coefficient (Wildman–Crippen LogP) is 3.66. The van der Waals surface area contributed by atoms with Crippen LogP contribution in [-0.4, -0.2) is 43.8 Å². The number of amides is 1. The molecule has 1 rings (SSSR count).